The molecule has 3 rings (SSSR count). The van der Waals surface area contributed by atoms with Crippen LogP contribution in [0.1, 0.15) is 0 Å². The fraction of sp³-hybridized carbons (Fsp3) is 0.571. The van der Waals surface area contributed by atoms with E-state index in [-0.39, 0.29) is 0 Å². The van der Waals surface area contributed by atoms with Gasteiger partial charge in [-0.3, -0.25) is 4.79 Å². The normalized spacial score (nSPS) is 58.1. The lowest BCUT2D eigenvalue weighted by atomic mass is 9.91. The minimum absolute atomic E-state index is 0.450. The number of carbonyl (C=O) groups is 1. The molecule has 5 nitrogen and oxygen atoms in total. The van der Waals surface area contributed by atoms with Gasteiger partial charge in [0.1, 0.15) is 5.76 Å². The Morgan fingerprint density at radius 1 is 1.50 bits per heavy atom. The van der Waals surface area contributed by atoms with Gasteiger partial charge in [0.05, 0.1) is 5.25 Å². The van der Waals surface area contributed by atoms with Crippen molar-refractivity contribution in [2.75, 3.05) is 0 Å². The summed E-state index contributed by atoms with van der Waals surface area (Å²) in [5.41, 5.74) is 0. The fourth-order valence-corrected chi connectivity index (χ4v) is 4.62. The fourth-order valence-electron chi connectivity index (χ4n) is 1.83. The Balaban J connectivity index is 2.11. The maximum Gasteiger partial charge on any atom is 0.325 e. The number of carboxylic acid groups (broad SMARTS) is 1. The average molecular weight is 234 g/mol. The molecule has 0 aromatic heterocycles. The van der Waals surface area contributed by atoms with E-state index in [1.807, 2.05) is 0 Å². The van der Waals surface area contributed by atoms with Crippen LogP contribution >= 0.6 is 23.5 Å². The van der Waals surface area contributed by atoms with Gasteiger partial charge < -0.3 is 20.4 Å². The van der Waals surface area contributed by atoms with Crippen LogP contribution in [0.5, 0.6) is 0 Å². The Morgan fingerprint density at radius 2 is 2.14 bits per heavy atom. The lowest BCUT2D eigenvalue weighted by Gasteiger charge is -2.19. The number of aliphatic hydroxyl groups excluding tert-OH is 1. The first kappa shape index (κ1) is 8.90. The molecule has 76 valence electrons. The van der Waals surface area contributed by atoms with E-state index in [9.17, 15) is 20.1 Å². The topological polar surface area (TPSA) is 98.0 Å². The highest BCUT2D eigenvalue weighted by Gasteiger charge is 2.88. The van der Waals surface area contributed by atoms with Gasteiger partial charge in [-0.05, 0) is 6.08 Å². The van der Waals surface area contributed by atoms with Gasteiger partial charge in [0.15, 0.2) is 9.68 Å². The second-order valence-electron chi connectivity index (χ2n) is 3.57. The average Bonchev–Trinajstić information content (AvgIpc) is 2.89. The summed E-state index contributed by atoms with van der Waals surface area (Å²) in [5, 5.41) is 37.2. The molecule has 2 saturated heterocycles. The first-order chi connectivity index (χ1) is 6.37. The molecule has 0 radical (unpaired) electrons. The van der Waals surface area contributed by atoms with Crippen molar-refractivity contribution in [1.29, 1.82) is 0 Å². The Hall–Kier alpha value is -0.370. The van der Waals surface area contributed by atoms with E-state index in [1.165, 1.54) is 0 Å². The highest BCUT2D eigenvalue weighted by atomic mass is 32.2. The van der Waals surface area contributed by atoms with Crippen molar-refractivity contribution in [2.45, 2.75) is 19.9 Å². The van der Waals surface area contributed by atoms with Crippen molar-refractivity contribution >= 4 is 29.5 Å². The summed E-state index contributed by atoms with van der Waals surface area (Å²) < 4.78 is -1.24. The Bertz CT molecular complexity index is 396. The summed E-state index contributed by atoms with van der Waals surface area (Å²) in [7, 11) is 0. The van der Waals surface area contributed by atoms with Crippen molar-refractivity contribution in [1.82, 2.24) is 0 Å². The molecule has 7 heteroatoms. The number of aliphatic hydroxyl groups is 3. The first-order valence-corrected chi connectivity index (χ1v) is 5.55. The van der Waals surface area contributed by atoms with Crippen LogP contribution in [0.4, 0.5) is 0 Å². The van der Waals surface area contributed by atoms with E-state index in [0.29, 0.717) is 0 Å². The Morgan fingerprint density at radius 3 is 2.71 bits per heavy atom. The predicted octanol–water partition coefficient (Wildman–Crippen LogP) is -0.495. The van der Waals surface area contributed by atoms with E-state index in [2.05, 4.69) is 0 Å². The summed E-state index contributed by atoms with van der Waals surface area (Å²) in [4.78, 5) is 7.68. The van der Waals surface area contributed by atoms with Gasteiger partial charge in [-0.1, -0.05) is 11.8 Å². The molecular weight excluding hydrogens is 228 g/mol. The molecule has 0 saturated carbocycles. The number of thioether (sulfide) groups is 2. The molecule has 2 heterocycles. The quantitative estimate of drug-likeness (QED) is 0.454. The van der Waals surface area contributed by atoms with Gasteiger partial charge in [-0.15, -0.1) is 11.8 Å². The van der Waals surface area contributed by atoms with Crippen LogP contribution in [0.3, 0.4) is 0 Å². The van der Waals surface area contributed by atoms with Crippen molar-refractivity contribution in [2.24, 2.45) is 0 Å². The van der Waals surface area contributed by atoms with E-state index in [4.69, 9.17) is 5.11 Å². The van der Waals surface area contributed by atoms with Crippen LogP contribution in [-0.4, -0.2) is 46.3 Å². The molecule has 0 aromatic rings. The summed E-state index contributed by atoms with van der Waals surface area (Å²) in [6, 6.07) is 0. The van der Waals surface area contributed by atoms with E-state index >= 15 is 0 Å². The molecule has 1 aliphatic carbocycles. The summed E-state index contributed by atoms with van der Waals surface area (Å²) in [6.45, 7) is 0. The lowest BCUT2D eigenvalue weighted by Crippen LogP contribution is -2.43. The molecule has 0 aromatic carbocycles. The maximum absolute atomic E-state index is 10.9. The molecule has 3 aliphatic rings. The van der Waals surface area contributed by atoms with Crippen LogP contribution in [0.25, 0.3) is 0 Å². The highest BCUT2D eigenvalue weighted by molar-refractivity contribution is 8.15. The van der Waals surface area contributed by atoms with Gasteiger partial charge in [0.25, 0.3) is 0 Å². The lowest BCUT2D eigenvalue weighted by molar-refractivity contribution is -0.138. The molecule has 2 fully saturated rings. The molecular formula is C7H6O5S2. The third kappa shape index (κ3) is 0.660. The third-order valence-corrected chi connectivity index (χ3v) is 6.00. The molecule has 0 bridgehead atoms. The van der Waals surface area contributed by atoms with Crippen molar-refractivity contribution < 1.29 is 25.2 Å². The van der Waals surface area contributed by atoms with Gasteiger partial charge in [-0.25, -0.2) is 0 Å². The molecule has 4 N–H and O–H groups in total. The van der Waals surface area contributed by atoms with Gasteiger partial charge in [0.2, 0.25) is 4.93 Å². The maximum atomic E-state index is 10.9. The first-order valence-electron chi connectivity index (χ1n) is 3.85. The van der Waals surface area contributed by atoms with Crippen LogP contribution in [-0.2, 0) is 4.79 Å². The molecule has 2 aliphatic heterocycles. The Kier molecular flexibility index (Phi) is 1.24. The summed E-state index contributed by atoms with van der Waals surface area (Å²) >= 11 is 1.82. The smallest absolute Gasteiger partial charge is 0.325 e. The monoisotopic (exact) mass is 234 g/mol. The molecule has 4 atom stereocenters. The van der Waals surface area contributed by atoms with Gasteiger partial charge in [-0.2, -0.15) is 0 Å². The van der Waals surface area contributed by atoms with Gasteiger partial charge in [0, 0.05) is 0 Å². The Labute approximate surface area is 86.8 Å². The minimum atomic E-state index is -1.68. The zero-order valence-corrected chi connectivity index (χ0v) is 8.30. The number of rotatable bonds is 1. The largest absolute Gasteiger partial charge is 0.508 e. The van der Waals surface area contributed by atoms with Crippen LogP contribution in [0.15, 0.2) is 11.8 Å². The third-order valence-electron chi connectivity index (χ3n) is 2.78. The predicted molar refractivity (Wildman–Crippen MR) is 49.9 cm³/mol. The second kappa shape index (κ2) is 1.95. The zero-order valence-electron chi connectivity index (χ0n) is 6.67. The van der Waals surface area contributed by atoms with Crippen molar-refractivity contribution in [3.05, 3.63) is 11.8 Å². The SMILES string of the molecule is O=C(O)C12C=C(O)C3(O)SC3(O)C1S2. The van der Waals surface area contributed by atoms with Crippen LogP contribution < -0.4 is 0 Å². The second-order valence-corrected chi connectivity index (χ2v) is 6.37. The van der Waals surface area contributed by atoms with Crippen molar-refractivity contribution in [3.63, 3.8) is 0 Å². The van der Waals surface area contributed by atoms with E-state index in [0.717, 1.165) is 29.6 Å². The van der Waals surface area contributed by atoms with Crippen LogP contribution in [0, 0.1) is 0 Å². The van der Waals surface area contributed by atoms with E-state index in [1.54, 1.807) is 0 Å². The van der Waals surface area contributed by atoms with Crippen molar-refractivity contribution in [3.8, 4) is 0 Å². The number of hydrogen-bond donors (Lipinski definition) is 4. The summed E-state index contributed by atoms with van der Waals surface area (Å²) in [5.74, 6) is -1.55. The van der Waals surface area contributed by atoms with Gasteiger partial charge >= 0.3 is 5.97 Å². The zero-order chi connectivity index (χ0) is 10.4. The minimum Gasteiger partial charge on any atom is -0.508 e. The molecule has 0 spiro atoms. The summed E-state index contributed by atoms with van der Waals surface area (Å²) in [6.07, 6.45) is 1.12. The molecule has 14 heavy (non-hydrogen) atoms. The number of carboxylic acids is 1. The standard InChI is InChI=1S/C7H6O5S2/c8-2-1-5(4(9)10)3(13-5)7(12)6(2,11)14-7/h1,3,8,11-12H,(H,9,10). The van der Waals surface area contributed by atoms with Crippen LogP contribution in [0.2, 0.25) is 0 Å². The molecule has 0 amide bonds. The molecule has 4 unspecified atom stereocenters. The highest BCUT2D eigenvalue weighted by Crippen LogP contribution is 2.79. The number of aliphatic carboxylic acids is 1. The number of hydrogen-bond acceptors (Lipinski definition) is 6. The van der Waals surface area contributed by atoms with E-state index < -0.39 is 31.6 Å². The number of fused-ring (bicyclic) bond motifs is 3.